The van der Waals surface area contributed by atoms with Crippen LogP contribution in [0.1, 0.15) is 17.0 Å². The largest absolute Gasteiger partial charge is 0.312 e. The molecule has 0 fully saturated rings. The van der Waals surface area contributed by atoms with E-state index in [1.807, 2.05) is 0 Å². The molecule has 0 amide bonds. The van der Waals surface area contributed by atoms with E-state index in [9.17, 15) is 14.5 Å². The third-order valence-electron chi connectivity index (χ3n) is 2.85. The lowest BCUT2D eigenvalue weighted by atomic mass is 10.2. The molecule has 0 bridgehead atoms. The number of halogens is 2. The molecule has 0 aliphatic carbocycles. The number of hydrogen-bond acceptors (Lipinski definition) is 3. The van der Waals surface area contributed by atoms with Gasteiger partial charge in [0.2, 0.25) is 0 Å². The van der Waals surface area contributed by atoms with Crippen molar-refractivity contribution < 1.29 is 9.31 Å². The van der Waals surface area contributed by atoms with Crippen LogP contribution in [0.5, 0.6) is 0 Å². The van der Waals surface area contributed by atoms with Crippen molar-refractivity contribution in [1.82, 2.24) is 9.78 Å². The molecule has 0 spiro atoms. The second kappa shape index (κ2) is 5.08. The van der Waals surface area contributed by atoms with Gasteiger partial charge in [0.1, 0.15) is 17.2 Å². The van der Waals surface area contributed by atoms with Crippen LogP contribution in [0.25, 0.3) is 0 Å². The average molecular weight is 328 g/mol. The van der Waals surface area contributed by atoms with Gasteiger partial charge in [-0.3, -0.25) is 14.8 Å². The molecule has 0 saturated heterocycles. The first-order chi connectivity index (χ1) is 8.90. The monoisotopic (exact) mass is 327 g/mol. The van der Waals surface area contributed by atoms with Crippen molar-refractivity contribution in [3.63, 3.8) is 0 Å². The maximum Gasteiger partial charge on any atom is 0.312 e. The lowest BCUT2D eigenvalue weighted by Gasteiger charge is -2.06. The number of nitrogens with zero attached hydrogens (tertiary/aromatic N) is 3. The molecule has 1 heterocycles. The van der Waals surface area contributed by atoms with Gasteiger partial charge in [0.05, 0.1) is 11.5 Å². The highest BCUT2D eigenvalue weighted by Gasteiger charge is 2.22. The minimum atomic E-state index is -0.467. The molecule has 1 aromatic carbocycles. The molecule has 0 N–H and O–H groups in total. The topological polar surface area (TPSA) is 61.0 Å². The molecule has 1 aromatic heterocycles. The summed E-state index contributed by atoms with van der Waals surface area (Å²) in [5, 5.41) is 15.0. The van der Waals surface area contributed by atoms with Crippen LogP contribution in [0.4, 0.5) is 10.1 Å². The lowest BCUT2D eigenvalue weighted by Crippen LogP contribution is -2.06. The van der Waals surface area contributed by atoms with E-state index in [-0.39, 0.29) is 18.0 Å². The standard InChI is InChI=1S/C12H11BrFN3O2/c1-7-12(17(18)19)8(2)16(15-7)6-9-5-10(13)3-4-11(9)14/h3-5H,6H2,1-2H3. The smallest absolute Gasteiger partial charge is 0.258 e. The molecule has 0 aliphatic rings. The number of rotatable bonds is 3. The Morgan fingerprint density at radius 2 is 2.16 bits per heavy atom. The molecule has 100 valence electrons. The summed E-state index contributed by atoms with van der Waals surface area (Å²) >= 11 is 3.27. The minimum absolute atomic E-state index is 0.0181. The first-order valence-electron chi connectivity index (χ1n) is 5.52. The predicted octanol–water partition coefficient (Wildman–Crippen LogP) is 3.36. The number of aryl methyl sites for hydroxylation is 1. The molecular formula is C12H11BrFN3O2. The van der Waals surface area contributed by atoms with Crippen molar-refractivity contribution in [3.05, 3.63) is 55.6 Å². The summed E-state index contributed by atoms with van der Waals surface area (Å²) in [7, 11) is 0. The van der Waals surface area contributed by atoms with Crippen LogP contribution < -0.4 is 0 Å². The minimum Gasteiger partial charge on any atom is -0.258 e. The highest BCUT2D eigenvalue weighted by atomic mass is 79.9. The molecule has 7 heteroatoms. The summed E-state index contributed by atoms with van der Waals surface area (Å²) in [5.41, 5.74) is 1.16. The van der Waals surface area contributed by atoms with Crippen LogP contribution in [0.3, 0.4) is 0 Å². The van der Waals surface area contributed by atoms with E-state index in [4.69, 9.17) is 0 Å². The van der Waals surface area contributed by atoms with E-state index in [0.29, 0.717) is 17.0 Å². The van der Waals surface area contributed by atoms with Gasteiger partial charge in [-0.05, 0) is 32.0 Å². The van der Waals surface area contributed by atoms with E-state index >= 15 is 0 Å². The first-order valence-corrected chi connectivity index (χ1v) is 6.31. The normalized spacial score (nSPS) is 10.7. The van der Waals surface area contributed by atoms with Gasteiger partial charge in [-0.15, -0.1) is 0 Å². The summed E-state index contributed by atoms with van der Waals surface area (Å²) in [6.45, 7) is 3.33. The van der Waals surface area contributed by atoms with Crippen LogP contribution in [-0.2, 0) is 6.54 Å². The van der Waals surface area contributed by atoms with Crippen LogP contribution in [0.2, 0.25) is 0 Å². The van der Waals surface area contributed by atoms with E-state index < -0.39 is 4.92 Å². The summed E-state index contributed by atoms with van der Waals surface area (Å²) in [6.07, 6.45) is 0. The molecule has 0 radical (unpaired) electrons. The average Bonchev–Trinajstić information content (AvgIpc) is 2.59. The molecule has 0 saturated carbocycles. The van der Waals surface area contributed by atoms with Gasteiger partial charge in [0, 0.05) is 10.0 Å². The van der Waals surface area contributed by atoms with Gasteiger partial charge in [0.25, 0.3) is 0 Å². The van der Waals surface area contributed by atoms with E-state index in [1.54, 1.807) is 26.0 Å². The molecule has 0 unspecified atom stereocenters. The quantitative estimate of drug-likeness (QED) is 0.641. The Bertz CT molecular complexity index is 655. The van der Waals surface area contributed by atoms with E-state index in [1.165, 1.54) is 10.7 Å². The zero-order chi connectivity index (χ0) is 14.2. The third kappa shape index (κ3) is 2.65. The molecular weight excluding hydrogens is 317 g/mol. The van der Waals surface area contributed by atoms with Crippen molar-refractivity contribution in [2.75, 3.05) is 0 Å². The zero-order valence-electron chi connectivity index (χ0n) is 10.4. The number of hydrogen-bond donors (Lipinski definition) is 0. The highest BCUT2D eigenvalue weighted by Crippen LogP contribution is 2.23. The van der Waals surface area contributed by atoms with Gasteiger partial charge in [-0.2, -0.15) is 5.10 Å². The van der Waals surface area contributed by atoms with E-state index in [2.05, 4.69) is 21.0 Å². The molecule has 2 rings (SSSR count). The summed E-state index contributed by atoms with van der Waals surface area (Å²) in [6, 6.07) is 4.58. The van der Waals surface area contributed by atoms with Crippen LogP contribution in [0, 0.1) is 29.8 Å². The SMILES string of the molecule is Cc1nn(Cc2cc(Br)ccc2F)c(C)c1[N+](=O)[O-]. The maximum absolute atomic E-state index is 13.7. The first kappa shape index (κ1) is 13.7. The fraction of sp³-hybridized carbons (Fsp3) is 0.250. The highest BCUT2D eigenvalue weighted by molar-refractivity contribution is 9.10. The van der Waals surface area contributed by atoms with Gasteiger partial charge in [0.15, 0.2) is 0 Å². The van der Waals surface area contributed by atoms with Gasteiger partial charge in [-0.25, -0.2) is 4.39 Å². The summed E-state index contributed by atoms with van der Waals surface area (Å²) in [5.74, 6) is -0.363. The third-order valence-corrected chi connectivity index (χ3v) is 3.35. The number of nitro groups is 1. The Balaban J connectivity index is 2.42. The number of aromatic nitrogens is 2. The second-order valence-electron chi connectivity index (χ2n) is 4.17. The molecule has 2 aromatic rings. The van der Waals surface area contributed by atoms with E-state index in [0.717, 1.165) is 4.47 Å². The lowest BCUT2D eigenvalue weighted by molar-refractivity contribution is -0.386. The van der Waals surface area contributed by atoms with Crippen molar-refractivity contribution in [2.24, 2.45) is 0 Å². The Kier molecular flexibility index (Phi) is 3.66. The maximum atomic E-state index is 13.7. The fourth-order valence-corrected chi connectivity index (χ4v) is 2.34. The van der Waals surface area contributed by atoms with Crippen molar-refractivity contribution >= 4 is 21.6 Å². The summed E-state index contributed by atoms with van der Waals surface area (Å²) in [4.78, 5) is 10.4. The Morgan fingerprint density at radius 3 is 2.74 bits per heavy atom. The van der Waals surface area contributed by atoms with Crippen LogP contribution >= 0.6 is 15.9 Å². The van der Waals surface area contributed by atoms with Crippen molar-refractivity contribution in [1.29, 1.82) is 0 Å². The van der Waals surface area contributed by atoms with Crippen molar-refractivity contribution in [3.8, 4) is 0 Å². The van der Waals surface area contributed by atoms with Crippen molar-refractivity contribution in [2.45, 2.75) is 20.4 Å². The van der Waals surface area contributed by atoms with Gasteiger partial charge >= 0.3 is 5.69 Å². The Hall–Kier alpha value is -1.76. The Labute approximate surface area is 117 Å². The van der Waals surface area contributed by atoms with Gasteiger partial charge in [-0.1, -0.05) is 15.9 Å². The van der Waals surface area contributed by atoms with Gasteiger partial charge < -0.3 is 0 Å². The Morgan fingerprint density at radius 1 is 1.47 bits per heavy atom. The zero-order valence-corrected chi connectivity index (χ0v) is 11.9. The van der Waals surface area contributed by atoms with Crippen LogP contribution in [0.15, 0.2) is 22.7 Å². The molecule has 19 heavy (non-hydrogen) atoms. The molecule has 0 aliphatic heterocycles. The fourth-order valence-electron chi connectivity index (χ4n) is 1.93. The second-order valence-corrected chi connectivity index (χ2v) is 5.09. The molecule has 5 nitrogen and oxygen atoms in total. The molecule has 0 atom stereocenters. The predicted molar refractivity (Wildman–Crippen MR) is 71.6 cm³/mol. The van der Waals surface area contributed by atoms with Crippen LogP contribution in [-0.4, -0.2) is 14.7 Å². The summed E-state index contributed by atoms with van der Waals surface area (Å²) < 4.78 is 15.8. The number of benzene rings is 1.